The van der Waals surface area contributed by atoms with Gasteiger partial charge in [-0.05, 0) is 33.1 Å². The van der Waals surface area contributed by atoms with Crippen LogP contribution in [-0.4, -0.2) is 9.78 Å². The molecule has 1 aliphatic rings. The smallest absolute Gasteiger partial charge is 0.132 e. The van der Waals surface area contributed by atoms with Gasteiger partial charge in [-0.2, -0.15) is 10.4 Å². The molecule has 3 nitrogen and oxygen atoms in total. The Morgan fingerprint density at radius 2 is 2.27 bits per heavy atom. The molecule has 4 heteroatoms. The fourth-order valence-electron chi connectivity index (χ4n) is 2.00. The van der Waals surface area contributed by atoms with Crippen LogP contribution in [0.15, 0.2) is 6.20 Å². The Hall–Kier alpha value is -1.01. The van der Waals surface area contributed by atoms with Crippen molar-refractivity contribution in [3.63, 3.8) is 0 Å². The lowest BCUT2D eigenvalue weighted by molar-refractivity contribution is 0.323. The molecule has 80 valence electrons. The third-order valence-electron chi connectivity index (χ3n) is 3.16. The number of nitrogens with zero attached hydrogens (tertiary/aromatic N) is 3. The number of aromatic nitrogens is 2. The summed E-state index contributed by atoms with van der Waals surface area (Å²) in [7, 11) is 0. The number of hydrogen-bond donors (Lipinski definition) is 0. The Kier molecular flexibility index (Phi) is 2.47. The first-order chi connectivity index (χ1) is 7.10. The standard InChI is InChI=1S/C11H14ClN3/c1-8(2)15-10(12)9(6-14-15)11(7-13)4-3-5-11/h6,8H,3-5H2,1-2H3. The van der Waals surface area contributed by atoms with E-state index in [4.69, 9.17) is 11.6 Å². The van der Waals surface area contributed by atoms with Crippen molar-refractivity contribution in [3.05, 3.63) is 16.9 Å². The van der Waals surface area contributed by atoms with Crippen molar-refractivity contribution in [2.75, 3.05) is 0 Å². The van der Waals surface area contributed by atoms with Crippen molar-refractivity contribution < 1.29 is 0 Å². The van der Waals surface area contributed by atoms with E-state index in [2.05, 4.69) is 11.2 Å². The highest BCUT2D eigenvalue weighted by atomic mass is 35.5. The summed E-state index contributed by atoms with van der Waals surface area (Å²) in [5.41, 5.74) is 0.552. The second-order valence-corrected chi connectivity index (χ2v) is 4.79. The van der Waals surface area contributed by atoms with E-state index >= 15 is 0 Å². The van der Waals surface area contributed by atoms with Gasteiger partial charge in [0.2, 0.25) is 0 Å². The number of hydrogen-bond acceptors (Lipinski definition) is 2. The number of rotatable bonds is 2. The Morgan fingerprint density at radius 3 is 2.60 bits per heavy atom. The summed E-state index contributed by atoms with van der Waals surface area (Å²) >= 11 is 6.24. The van der Waals surface area contributed by atoms with Gasteiger partial charge in [0, 0.05) is 11.6 Å². The quantitative estimate of drug-likeness (QED) is 0.773. The van der Waals surface area contributed by atoms with Crippen molar-refractivity contribution in [1.29, 1.82) is 5.26 Å². The minimum Gasteiger partial charge on any atom is -0.251 e. The monoisotopic (exact) mass is 223 g/mol. The Morgan fingerprint density at radius 1 is 1.60 bits per heavy atom. The van der Waals surface area contributed by atoms with Crippen molar-refractivity contribution in [2.24, 2.45) is 0 Å². The van der Waals surface area contributed by atoms with Crippen LogP contribution < -0.4 is 0 Å². The molecule has 0 saturated heterocycles. The van der Waals surface area contributed by atoms with E-state index in [9.17, 15) is 5.26 Å². The molecule has 0 aromatic carbocycles. The fourth-order valence-corrected chi connectivity index (χ4v) is 2.47. The summed E-state index contributed by atoms with van der Waals surface area (Å²) < 4.78 is 1.77. The predicted molar refractivity (Wildman–Crippen MR) is 58.8 cm³/mol. The molecule has 2 rings (SSSR count). The summed E-state index contributed by atoms with van der Waals surface area (Å²) in [6.07, 6.45) is 4.68. The first-order valence-corrected chi connectivity index (χ1v) is 5.63. The molecule has 0 spiro atoms. The topological polar surface area (TPSA) is 41.6 Å². The van der Waals surface area contributed by atoms with E-state index in [1.807, 2.05) is 13.8 Å². The van der Waals surface area contributed by atoms with Crippen molar-refractivity contribution in [3.8, 4) is 6.07 Å². The maximum atomic E-state index is 9.22. The lowest BCUT2D eigenvalue weighted by Crippen LogP contribution is -2.32. The highest BCUT2D eigenvalue weighted by molar-refractivity contribution is 6.30. The molecule has 0 unspecified atom stereocenters. The van der Waals surface area contributed by atoms with Crippen LogP contribution in [0.1, 0.15) is 44.7 Å². The van der Waals surface area contributed by atoms with Gasteiger partial charge in [-0.25, -0.2) is 0 Å². The minimum absolute atomic E-state index is 0.238. The molecule has 1 aromatic rings. The normalized spacial score (nSPS) is 18.6. The zero-order chi connectivity index (χ0) is 11.1. The predicted octanol–water partition coefficient (Wildman–Crippen LogP) is 3.06. The molecule has 1 saturated carbocycles. The summed E-state index contributed by atoms with van der Waals surface area (Å²) in [5.74, 6) is 0. The molecule has 1 aliphatic carbocycles. The SMILES string of the molecule is CC(C)n1ncc(C2(C#N)CCC2)c1Cl. The van der Waals surface area contributed by atoms with Crippen molar-refractivity contribution >= 4 is 11.6 Å². The van der Waals surface area contributed by atoms with E-state index in [0.29, 0.717) is 5.15 Å². The average Bonchev–Trinajstić information content (AvgIpc) is 2.48. The molecular weight excluding hydrogens is 210 g/mol. The highest BCUT2D eigenvalue weighted by Crippen LogP contribution is 2.45. The van der Waals surface area contributed by atoms with Crippen LogP contribution in [0, 0.1) is 11.3 Å². The largest absolute Gasteiger partial charge is 0.251 e. The van der Waals surface area contributed by atoms with Crippen LogP contribution in [0.25, 0.3) is 0 Å². The van der Waals surface area contributed by atoms with E-state index in [-0.39, 0.29) is 11.5 Å². The lowest BCUT2D eigenvalue weighted by atomic mass is 9.66. The maximum absolute atomic E-state index is 9.22. The van der Waals surface area contributed by atoms with Crippen LogP contribution in [0.5, 0.6) is 0 Å². The molecule has 0 atom stereocenters. The number of nitriles is 1. The van der Waals surface area contributed by atoms with Gasteiger partial charge < -0.3 is 0 Å². The molecule has 0 amide bonds. The molecule has 0 radical (unpaired) electrons. The molecule has 15 heavy (non-hydrogen) atoms. The second kappa shape index (κ2) is 3.53. The molecule has 1 heterocycles. The Labute approximate surface area is 94.6 Å². The van der Waals surface area contributed by atoms with Gasteiger partial charge in [-0.1, -0.05) is 11.6 Å². The van der Waals surface area contributed by atoms with Crippen LogP contribution in [0.3, 0.4) is 0 Å². The van der Waals surface area contributed by atoms with Gasteiger partial charge in [-0.15, -0.1) is 0 Å². The first kappa shape index (κ1) is 10.5. The van der Waals surface area contributed by atoms with E-state index in [1.165, 1.54) is 0 Å². The third-order valence-corrected chi connectivity index (χ3v) is 3.54. The summed E-state index contributed by atoms with van der Waals surface area (Å²) in [6.45, 7) is 4.06. The molecule has 0 aliphatic heterocycles. The minimum atomic E-state index is -0.357. The lowest BCUT2D eigenvalue weighted by Gasteiger charge is -2.34. The maximum Gasteiger partial charge on any atom is 0.132 e. The second-order valence-electron chi connectivity index (χ2n) is 4.43. The zero-order valence-corrected chi connectivity index (χ0v) is 9.75. The average molecular weight is 224 g/mol. The van der Waals surface area contributed by atoms with Crippen LogP contribution in [0.4, 0.5) is 0 Å². The van der Waals surface area contributed by atoms with Crippen molar-refractivity contribution in [1.82, 2.24) is 9.78 Å². The van der Waals surface area contributed by atoms with Gasteiger partial charge in [0.25, 0.3) is 0 Å². The third kappa shape index (κ3) is 1.44. The summed E-state index contributed by atoms with van der Waals surface area (Å²) in [5, 5.41) is 14.1. The molecule has 0 N–H and O–H groups in total. The van der Waals surface area contributed by atoms with E-state index in [1.54, 1.807) is 10.9 Å². The van der Waals surface area contributed by atoms with Gasteiger partial charge in [0.05, 0.1) is 17.7 Å². The van der Waals surface area contributed by atoms with Crippen molar-refractivity contribution in [2.45, 2.75) is 44.6 Å². The molecule has 1 fully saturated rings. The highest BCUT2D eigenvalue weighted by Gasteiger charge is 2.42. The Bertz CT molecular complexity index is 410. The molecular formula is C11H14ClN3. The van der Waals surface area contributed by atoms with E-state index < -0.39 is 0 Å². The van der Waals surface area contributed by atoms with E-state index in [0.717, 1.165) is 24.8 Å². The summed E-state index contributed by atoms with van der Waals surface area (Å²) in [6, 6.07) is 2.62. The Balaban J connectivity index is 2.42. The van der Waals surface area contributed by atoms with Gasteiger partial charge >= 0.3 is 0 Å². The zero-order valence-electron chi connectivity index (χ0n) is 9.00. The fraction of sp³-hybridized carbons (Fsp3) is 0.636. The van der Waals surface area contributed by atoms with Gasteiger partial charge in [-0.3, -0.25) is 4.68 Å². The summed E-state index contributed by atoms with van der Waals surface area (Å²) in [4.78, 5) is 0. The van der Waals surface area contributed by atoms with Crippen LogP contribution >= 0.6 is 11.6 Å². The molecule has 1 aromatic heterocycles. The van der Waals surface area contributed by atoms with Gasteiger partial charge in [0.15, 0.2) is 0 Å². The van der Waals surface area contributed by atoms with Crippen LogP contribution in [-0.2, 0) is 5.41 Å². The van der Waals surface area contributed by atoms with Crippen LogP contribution in [0.2, 0.25) is 5.15 Å². The molecule has 0 bridgehead atoms. The first-order valence-electron chi connectivity index (χ1n) is 5.25. The van der Waals surface area contributed by atoms with Gasteiger partial charge in [0.1, 0.15) is 5.15 Å². The number of halogens is 1.